The van der Waals surface area contributed by atoms with Gasteiger partial charge in [-0.1, -0.05) is 11.6 Å². The number of aromatic nitrogens is 2. The number of imidazole rings is 1. The predicted octanol–water partition coefficient (Wildman–Crippen LogP) is 2.98. The van der Waals surface area contributed by atoms with Gasteiger partial charge in [-0.2, -0.15) is 0 Å². The van der Waals surface area contributed by atoms with Crippen molar-refractivity contribution in [2.75, 3.05) is 25.0 Å². The smallest absolute Gasteiger partial charge is 0.368 e. The number of nitrogens with one attached hydrogen (secondary N) is 3. The average molecular weight is 490 g/mol. The van der Waals surface area contributed by atoms with E-state index in [0.717, 1.165) is 5.52 Å². The highest BCUT2D eigenvalue weighted by atomic mass is 35.5. The molecule has 2 aromatic rings. The number of ether oxygens (including phenoxy) is 2. The lowest BCUT2D eigenvalue weighted by atomic mass is 9.92. The van der Waals surface area contributed by atoms with Crippen molar-refractivity contribution in [3.05, 3.63) is 23.2 Å². The number of alkyl halides is 3. The number of hydrogen-bond donors (Lipinski definition) is 3. The van der Waals surface area contributed by atoms with Gasteiger partial charge in [-0.15, -0.1) is 13.2 Å². The van der Waals surface area contributed by atoms with E-state index in [-0.39, 0.29) is 37.2 Å². The van der Waals surface area contributed by atoms with Crippen molar-refractivity contribution in [2.24, 2.45) is 5.92 Å². The third-order valence-corrected chi connectivity index (χ3v) is 5.87. The molecule has 4 rings (SSSR count). The summed E-state index contributed by atoms with van der Waals surface area (Å²) in [6.45, 7) is 0.703. The first-order valence-corrected chi connectivity index (χ1v) is 10.9. The molecule has 13 heteroatoms. The van der Waals surface area contributed by atoms with Crippen molar-refractivity contribution < 1.29 is 32.2 Å². The van der Waals surface area contributed by atoms with Gasteiger partial charge < -0.3 is 9.72 Å². The van der Waals surface area contributed by atoms with E-state index in [0.29, 0.717) is 42.4 Å². The van der Waals surface area contributed by atoms with Gasteiger partial charge in [0.1, 0.15) is 6.61 Å². The molecule has 1 saturated carbocycles. The van der Waals surface area contributed by atoms with E-state index < -0.39 is 18.6 Å². The van der Waals surface area contributed by atoms with Crippen molar-refractivity contribution in [3.63, 3.8) is 0 Å². The van der Waals surface area contributed by atoms with Gasteiger partial charge in [-0.05, 0) is 31.0 Å². The average Bonchev–Trinajstić information content (AvgIpc) is 3.10. The predicted molar refractivity (Wildman–Crippen MR) is 112 cm³/mol. The number of anilines is 1. The van der Waals surface area contributed by atoms with E-state index in [1.807, 2.05) is 0 Å². The molecule has 1 aliphatic heterocycles. The molecule has 180 valence electrons. The molecule has 2 heterocycles. The summed E-state index contributed by atoms with van der Waals surface area (Å²) < 4.78 is 45.5. The number of nitrogens with zero attached hydrogens (tertiary/aromatic N) is 2. The summed E-state index contributed by atoms with van der Waals surface area (Å²) in [4.78, 5) is 31.9. The summed E-state index contributed by atoms with van der Waals surface area (Å²) >= 11 is 5.96. The Bertz CT molecular complexity index is 1000. The second-order valence-corrected chi connectivity index (χ2v) is 8.56. The largest absolute Gasteiger partial charge is 0.522 e. The van der Waals surface area contributed by atoms with Crippen LogP contribution in [-0.4, -0.2) is 65.1 Å². The molecule has 0 unspecified atom stereocenters. The zero-order valence-electron chi connectivity index (χ0n) is 17.5. The van der Waals surface area contributed by atoms with Crippen LogP contribution in [0.5, 0.6) is 0 Å². The summed E-state index contributed by atoms with van der Waals surface area (Å²) in [5.74, 6) is -0.426. The van der Waals surface area contributed by atoms with Crippen molar-refractivity contribution >= 4 is 40.4 Å². The molecule has 33 heavy (non-hydrogen) atoms. The highest BCUT2D eigenvalue weighted by molar-refractivity contribution is 6.31. The molecule has 0 radical (unpaired) electrons. The number of hydrazine groups is 1. The van der Waals surface area contributed by atoms with Crippen LogP contribution in [0.3, 0.4) is 0 Å². The van der Waals surface area contributed by atoms with Crippen LogP contribution >= 0.6 is 11.6 Å². The summed E-state index contributed by atoms with van der Waals surface area (Å²) in [6.07, 6.45) is -4.71. The molecule has 3 N–H and O–H groups in total. The summed E-state index contributed by atoms with van der Waals surface area (Å²) in [7, 11) is 0. The topological polar surface area (TPSA) is 109 Å². The van der Waals surface area contributed by atoms with Crippen LogP contribution in [0.1, 0.15) is 25.7 Å². The quantitative estimate of drug-likeness (QED) is 0.552. The molecule has 2 amide bonds. The first-order valence-electron chi connectivity index (χ1n) is 10.5. The monoisotopic (exact) mass is 489 g/mol. The van der Waals surface area contributed by atoms with Crippen LogP contribution in [0.15, 0.2) is 18.2 Å². The first kappa shape index (κ1) is 23.7. The molecule has 0 bridgehead atoms. The molecule has 1 saturated heterocycles. The van der Waals surface area contributed by atoms with Gasteiger partial charge in [0.25, 0.3) is 5.91 Å². The van der Waals surface area contributed by atoms with Gasteiger partial charge in [0, 0.05) is 36.9 Å². The highest BCUT2D eigenvalue weighted by Crippen LogP contribution is 2.32. The summed E-state index contributed by atoms with van der Waals surface area (Å²) in [5, 5.41) is 5.05. The second kappa shape index (κ2) is 9.84. The maximum atomic E-state index is 12.6. The Morgan fingerprint density at radius 1 is 1.21 bits per heavy atom. The molecule has 1 aromatic heterocycles. The molecule has 2 aliphatic rings. The number of aromatic amines is 1. The fraction of sp³-hybridized carbons (Fsp3) is 0.550. The van der Waals surface area contributed by atoms with E-state index in [4.69, 9.17) is 16.3 Å². The van der Waals surface area contributed by atoms with Crippen LogP contribution in [0.4, 0.5) is 19.1 Å². The normalized spacial score (nSPS) is 22.2. The number of hydrogen-bond acceptors (Lipinski definition) is 6. The second-order valence-electron chi connectivity index (χ2n) is 8.12. The maximum absolute atomic E-state index is 12.6. The van der Waals surface area contributed by atoms with E-state index in [2.05, 4.69) is 25.4 Å². The van der Waals surface area contributed by atoms with Crippen LogP contribution in [0, 0.1) is 5.92 Å². The van der Waals surface area contributed by atoms with Crippen LogP contribution < -0.4 is 10.7 Å². The Labute approximate surface area is 191 Å². The van der Waals surface area contributed by atoms with Gasteiger partial charge in [-0.3, -0.25) is 25.1 Å². The Kier molecular flexibility index (Phi) is 7.07. The highest BCUT2D eigenvalue weighted by Gasteiger charge is 2.40. The third kappa shape index (κ3) is 6.56. The lowest BCUT2D eigenvalue weighted by Gasteiger charge is -2.35. The van der Waals surface area contributed by atoms with Gasteiger partial charge in [-0.25, -0.2) is 9.99 Å². The molecular weight excluding hydrogens is 467 g/mol. The van der Waals surface area contributed by atoms with Gasteiger partial charge in [0.15, 0.2) is 0 Å². The molecule has 0 spiro atoms. The maximum Gasteiger partial charge on any atom is 0.522 e. The van der Waals surface area contributed by atoms with Crippen LogP contribution in [0.2, 0.25) is 5.02 Å². The third-order valence-electron chi connectivity index (χ3n) is 5.64. The number of carbonyl (C=O) groups is 2. The van der Waals surface area contributed by atoms with Gasteiger partial charge >= 0.3 is 6.36 Å². The molecule has 1 aliphatic carbocycles. The minimum absolute atomic E-state index is 0.103. The van der Waals surface area contributed by atoms with Crippen molar-refractivity contribution in [3.8, 4) is 0 Å². The lowest BCUT2D eigenvalue weighted by molar-refractivity contribution is -0.357. The van der Waals surface area contributed by atoms with Crippen LogP contribution in [-0.2, 0) is 19.1 Å². The number of H-pyrrole nitrogens is 1. The molecule has 9 nitrogen and oxygen atoms in total. The Hall–Kier alpha value is -2.41. The minimum atomic E-state index is -4.66. The van der Waals surface area contributed by atoms with E-state index in [1.165, 1.54) is 0 Å². The zero-order valence-corrected chi connectivity index (χ0v) is 18.2. The summed E-state index contributed by atoms with van der Waals surface area (Å²) in [5.41, 5.74) is 4.12. The number of benzene rings is 1. The number of piperidine rings is 1. The molecule has 0 atom stereocenters. The van der Waals surface area contributed by atoms with Gasteiger partial charge in [0.05, 0.1) is 23.2 Å². The fourth-order valence-electron chi connectivity index (χ4n) is 3.85. The number of carbonyl (C=O) groups excluding carboxylic acids is 2. The van der Waals surface area contributed by atoms with Gasteiger partial charge in [0.2, 0.25) is 11.9 Å². The fourth-order valence-corrected chi connectivity index (χ4v) is 4.03. The van der Waals surface area contributed by atoms with E-state index >= 15 is 0 Å². The van der Waals surface area contributed by atoms with Crippen molar-refractivity contribution in [1.82, 2.24) is 20.4 Å². The van der Waals surface area contributed by atoms with Crippen LogP contribution in [0.25, 0.3) is 11.0 Å². The number of amides is 2. The molecule has 2 fully saturated rings. The summed E-state index contributed by atoms with van der Waals surface area (Å²) in [6, 6.07) is 5.20. The number of halogens is 4. The Morgan fingerprint density at radius 2 is 1.94 bits per heavy atom. The SMILES string of the molecule is O=C(COC1CC(OC(F)(F)F)C1)NN1CCC(C(=O)Nc2nc3ccc(Cl)cc3[nH]2)CC1. The molecule has 1 aromatic carbocycles. The Balaban J connectivity index is 1.14. The Morgan fingerprint density at radius 3 is 2.64 bits per heavy atom. The molecular formula is C20H23ClF3N5O4. The standard InChI is InChI=1S/C20H23ClF3N5O4/c21-12-1-2-15-16(7-12)26-19(25-15)27-18(31)11-3-5-29(6-4-11)28-17(30)10-32-13-8-14(9-13)33-20(22,23)24/h1-2,7,11,13-14H,3-6,8-10H2,(H,28,30)(H2,25,26,27,31). The zero-order chi connectivity index (χ0) is 23.6. The van der Waals surface area contributed by atoms with Crippen molar-refractivity contribution in [2.45, 2.75) is 44.3 Å². The van der Waals surface area contributed by atoms with E-state index in [9.17, 15) is 22.8 Å². The lowest BCUT2D eigenvalue weighted by Crippen LogP contribution is -2.50. The number of fused-ring (bicyclic) bond motifs is 1. The minimum Gasteiger partial charge on any atom is -0.368 e. The van der Waals surface area contributed by atoms with E-state index in [1.54, 1.807) is 23.2 Å². The number of rotatable bonds is 7. The first-order chi connectivity index (χ1) is 15.6. The van der Waals surface area contributed by atoms with Crippen molar-refractivity contribution in [1.29, 1.82) is 0 Å².